The molecule has 3 aromatic rings. The van der Waals surface area contributed by atoms with Crippen LogP contribution in [0.4, 0.5) is 0 Å². The standard InChI is InChI=1S/C25H28N2O4/c1-25(2,3)16-10-11-21-19(13-16)23(18-8-4-5-9-20(18)27-21)24(29)31-15-22(28)26-14-17-7-6-12-30-17/h4-9,12,16H,10-11,13-15H2,1-3H3,(H,26,28)/t16-/m0/s1. The third kappa shape index (κ3) is 4.63. The molecule has 1 aliphatic carbocycles. The Bertz CT molecular complexity index is 1100. The molecule has 2 heterocycles. The number of aryl methyl sites for hydroxylation is 1. The largest absolute Gasteiger partial charge is 0.467 e. The van der Waals surface area contributed by atoms with Crippen molar-refractivity contribution >= 4 is 22.8 Å². The molecule has 0 spiro atoms. The van der Waals surface area contributed by atoms with E-state index in [2.05, 4.69) is 26.1 Å². The van der Waals surface area contributed by atoms with Crippen LogP contribution in [0.1, 0.15) is 54.6 Å². The maximum absolute atomic E-state index is 13.2. The lowest BCUT2D eigenvalue weighted by Gasteiger charge is -2.35. The van der Waals surface area contributed by atoms with Crippen molar-refractivity contribution in [2.75, 3.05) is 6.61 Å². The fraction of sp³-hybridized carbons (Fsp3) is 0.400. The van der Waals surface area contributed by atoms with Gasteiger partial charge in [-0.25, -0.2) is 4.79 Å². The quantitative estimate of drug-likeness (QED) is 0.617. The van der Waals surface area contributed by atoms with Gasteiger partial charge < -0.3 is 14.5 Å². The van der Waals surface area contributed by atoms with Crippen LogP contribution in [0.15, 0.2) is 47.1 Å². The van der Waals surface area contributed by atoms with Crippen molar-refractivity contribution in [3.05, 3.63) is 65.2 Å². The van der Waals surface area contributed by atoms with Crippen LogP contribution < -0.4 is 5.32 Å². The highest BCUT2D eigenvalue weighted by molar-refractivity contribution is 6.05. The molecule has 0 unspecified atom stereocenters. The van der Waals surface area contributed by atoms with Crippen molar-refractivity contribution in [1.29, 1.82) is 0 Å². The lowest BCUT2D eigenvalue weighted by molar-refractivity contribution is -0.124. The van der Waals surface area contributed by atoms with Gasteiger partial charge >= 0.3 is 5.97 Å². The first-order valence-electron chi connectivity index (χ1n) is 10.7. The zero-order valence-corrected chi connectivity index (χ0v) is 18.2. The molecular weight excluding hydrogens is 392 g/mol. The number of fused-ring (bicyclic) bond motifs is 2. The maximum atomic E-state index is 13.2. The molecule has 0 fully saturated rings. The molecule has 31 heavy (non-hydrogen) atoms. The second-order valence-electron chi connectivity index (χ2n) is 9.17. The number of hydrogen-bond acceptors (Lipinski definition) is 5. The molecule has 4 rings (SSSR count). The zero-order valence-electron chi connectivity index (χ0n) is 18.2. The summed E-state index contributed by atoms with van der Waals surface area (Å²) in [6.45, 7) is 6.62. The van der Waals surface area contributed by atoms with Crippen molar-refractivity contribution < 1.29 is 18.7 Å². The van der Waals surface area contributed by atoms with E-state index in [1.54, 1.807) is 18.4 Å². The van der Waals surface area contributed by atoms with Crippen LogP contribution >= 0.6 is 0 Å². The van der Waals surface area contributed by atoms with E-state index in [1.165, 1.54) is 0 Å². The topological polar surface area (TPSA) is 81.4 Å². The number of carbonyl (C=O) groups is 2. The van der Waals surface area contributed by atoms with Gasteiger partial charge in [0.1, 0.15) is 5.76 Å². The summed E-state index contributed by atoms with van der Waals surface area (Å²) in [6.07, 6.45) is 4.22. The first kappa shape index (κ1) is 21.1. The molecule has 162 valence electrons. The number of benzene rings is 1. The summed E-state index contributed by atoms with van der Waals surface area (Å²) in [5.41, 5.74) is 3.40. The Balaban J connectivity index is 1.57. The summed E-state index contributed by atoms with van der Waals surface area (Å²) >= 11 is 0. The molecule has 1 N–H and O–H groups in total. The summed E-state index contributed by atoms with van der Waals surface area (Å²) in [5.74, 6) is 0.246. The smallest absolute Gasteiger partial charge is 0.339 e. The maximum Gasteiger partial charge on any atom is 0.339 e. The Morgan fingerprint density at radius 3 is 2.74 bits per heavy atom. The van der Waals surface area contributed by atoms with E-state index in [0.717, 1.165) is 41.4 Å². The molecule has 0 bridgehead atoms. The van der Waals surface area contributed by atoms with Crippen LogP contribution in [0.25, 0.3) is 10.9 Å². The van der Waals surface area contributed by atoms with Gasteiger partial charge in [-0.05, 0) is 54.4 Å². The Hall–Kier alpha value is -3.15. The van der Waals surface area contributed by atoms with Gasteiger partial charge in [0.25, 0.3) is 5.91 Å². The van der Waals surface area contributed by atoms with E-state index in [0.29, 0.717) is 17.2 Å². The zero-order chi connectivity index (χ0) is 22.0. The lowest BCUT2D eigenvalue weighted by atomic mass is 9.70. The molecule has 1 amide bonds. The third-order valence-electron chi connectivity index (χ3n) is 6.06. The number of para-hydroxylation sites is 1. The fourth-order valence-corrected chi connectivity index (χ4v) is 4.21. The number of hydrogen-bond donors (Lipinski definition) is 1. The normalized spacial score (nSPS) is 16.0. The molecule has 0 aliphatic heterocycles. The van der Waals surface area contributed by atoms with E-state index in [-0.39, 0.29) is 24.5 Å². The van der Waals surface area contributed by atoms with Crippen LogP contribution in [-0.4, -0.2) is 23.5 Å². The minimum Gasteiger partial charge on any atom is -0.467 e. The molecule has 6 nitrogen and oxygen atoms in total. The molecule has 0 radical (unpaired) electrons. The number of furan rings is 1. The molecule has 6 heteroatoms. The van der Waals surface area contributed by atoms with Crippen LogP contribution in [-0.2, 0) is 28.9 Å². The number of aromatic nitrogens is 1. The predicted molar refractivity (Wildman–Crippen MR) is 118 cm³/mol. The number of amides is 1. The average molecular weight is 421 g/mol. The summed E-state index contributed by atoms with van der Waals surface area (Å²) in [5, 5.41) is 3.47. The number of rotatable bonds is 5. The second kappa shape index (κ2) is 8.53. The van der Waals surface area contributed by atoms with Crippen molar-refractivity contribution in [1.82, 2.24) is 10.3 Å². The number of ether oxygens (including phenoxy) is 1. The number of pyridine rings is 1. The fourth-order valence-electron chi connectivity index (χ4n) is 4.21. The summed E-state index contributed by atoms with van der Waals surface area (Å²) in [6, 6.07) is 11.2. The van der Waals surface area contributed by atoms with Crippen molar-refractivity contribution in [2.45, 2.75) is 46.6 Å². The van der Waals surface area contributed by atoms with Gasteiger partial charge in [0.15, 0.2) is 6.61 Å². The Kier molecular flexibility index (Phi) is 5.81. The highest BCUT2D eigenvalue weighted by Gasteiger charge is 2.33. The SMILES string of the molecule is CC(C)(C)[C@H]1CCc2nc3ccccc3c(C(=O)OCC(=O)NCc3ccco3)c2C1. The molecular formula is C25H28N2O4. The molecule has 1 atom stereocenters. The minimum absolute atomic E-state index is 0.135. The molecule has 0 saturated heterocycles. The van der Waals surface area contributed by atoms with E-state index in [9.17, 15) is 9.59 Å². The third-order valence-corrected chi connectivity index (χ3v) is 6.06. The Morgan fingerprint density at radius 2 is 2.00 bits per heavy atom. The summed E-state index contributed by atoms with van der Waals surface area (Å²) in [7, 11) is 0. The van der Waals surface area contributed by atoms with Crippen LogP contribution in [0.3, 0.4) is 0 Å². The van der Waals surface area contributed by atoms with Gasteiger partial charge in [0.05, 0.1) is 23.9 Å². The van der Waals surface area contributed by atoms with Crippen molar-refractivity contribution in [3.8, 4) is 0 Å². The van der Waals surface area contributed by atoms with Crippen molar-refractivity contribution in [2.24, 2.45) is 11.3 Å². The number of nitrogens with one attached hydrogen (secondary N) is 1. The monoisotopic (exact) mass is 420 g/mol. The van der Waals surface area contributed by atoms with Crippen LogP contribution in [0.5, 0.6) is 0 Å². The molecule has 1 aromatic carbocycles. The number of nitrogens with zero attached hydrogens (tertiary/aromatic N) is 1. The highest BCUT2D eigenvalue weighted by atomic mass is 16.5. The van der Waals surface area contributed by atoms with Crippen LogP contribution in [0, 0.1) is 11.3 Å². The van der Waals surface area contributed by atoms with Gasteiger partial charge in [-0.3, -0.25) is 9.78 Å². The minimum atomic E-state index is -0.474. The first-order valence-corrected chi connectivity index (χ1v) is 10.7. The summed E-state index contributed by atoms with van der Waals surface area (Å²) in [4.78, 5) is 30.2. The van der Waals surface area contributed by atoms with Gasteiger partial charge in [-0.2, -0.15) is 0 Å². The number of esters is 1. The van der Waals surface area contributed by atoms with Crippen molar-refractivity contribution in [3.63, 3.8) is 0 Å². The van der Waals surface area contributed by atoms with Gasteiger partial charge in [0.2, 0.25) is 0 Å². The molecule has 0 saturated carbocycles. The van der Waals surface area contributed by atoms with Crippen LogP contribution in [0.2, 0.25) is 0 Å². The number of carbonyl (C=O) groups excluding carboxylic acids is 2. The predicted octanol–water partition coefficient (Wildman–Crippen LogP) is 4.45. The van der Waals surface area contributed by atoms with Gasteiger partial charge in [0, 0.05) is 11.1 Å². The van der Waals surface area contributed by atoms with E-state index in [1.807, 2.05) is 24.3 Å². The first-order chi connectivity index (χ1) is 14.8. The summed E-state index contributed by atoms with van der Waals surface area (Å²) < 4.78 is 10.6. The second-order valence-corrected chi connectivity index (χ2v) is 9.17. The van der Waals surface area contributed by atoms with E-state index < -0.39 is 5.97 Å². The van der Waals surface area contributed by atoms with E-state index in [4.69, 9.17) is 14.1 Å². The lowest BCUT2D eigenvalue weighted by Crippen LogP contribution is -2.30. The Morgan fingerprint density at radius 1 is 1.19 bits per heavy atom. The molecule has 2 aromatic heterocycles. The van der Waals surface area contributed by atoms with Gasteiger partial charge in [-0.1, -0.05) is 39.0 Å². The molecule has 1 aliphatic rings. The Labute approximate surface area is 182 Å². The van der Waals surface area contributed by atoms with E-state index >= 15 is 0 Å². The van der Waals surface area contributed by atoms with Gasteiger partial charge in [-0.15, -0.1) is 0 Å². The average Bonchev–Trinajstić information content (AvgIpc) is 3.27. The highest BCUT2D eigenvalue weighted by Crippen LogP contribution is 2.39.